The maximum atomic E-state index is 8.60. The molecule has 0 amide bonds. The topological polar surface area (TPSA) is 36.7 Å². The molecule has 1 aromatic heterocycles. The largest absolute Gasteiger partial charge is 0.240 e. The van der Waals surface area contributed by atoms with E-state index >= 15 is 0 Å². The average molecular weight is 197 g/mol. The van der Waals surface area contributed by atoms with Crippen molar-refractivity contribution in [3.63, 3.8) is 0 Å². The Bertz CT molecular complexity index is 326. The maximum Gasteiger partial charge on any atom is 0.132 e. The van der Waals surface area contributed by atoms with E-state index in [0.29, 0.717) is 16.4 Å². The lowest BCUT2D eigenvalue weighted by Gasteiger charge is -1.99. The highest BCUT2D eigenvalue weighted by Gasteiger charge is 2.02. The Morgan fingerprint density at radius 3 is 2.38 bits per heavy atom. The van der Waals surface area contributed by atoms with Gasteiger partial charge in [0.15, 0.2) is 0 Å². The second kappa shape index (κ2) is 5.55. The molecule has 0 atom stereocenters. The average Bonchev–Trinajstić information content (AvgIpc) is 2.15. The van der Waals surface area contributed by atoms with Crippen LogP contribution in [-0.4, -0.2) is 4.98 Å². The lowest BCUT2D eigenvalue weighted by Crippen LogP contribution is -1.90. The number of hydrogen-bond donors (Lipinski definition) is 0. The molecule has 1 aromatic rings. The Morgan fingerprint density at radius 2 is 1.92 bits per heavy atom. The summed E-state index contributed by atoms with van der Waals surface area (Å²) in [5.41, 5.74) is 2.11. The van der Waals surface area contributed by atoms with Gasteiger partial charge in [0, 0.05) is 0 Å². The first-order chi connectivity index (χ1) is 6.15. The van der Waals surface area contributed by atoms with Gasteiger partial charge in [-0.25, -0.2) is 4.98 Å². The van der Waals surface area contributed by atoms with Crippen molar-refractivity contribution >= 4 is 11.6 Å². The number of aryl methyl sites for hydroxylation is 2. The molecule has 0 N–H and O–H groups in total. The van der Waals surface area contributed by atoms with E-state index < -0.39 is 0 Å². The molecule has 0 bridgehead atoms. The lowest BCUT2D eigenvalue weighted by molar-refractivity contribution is 1.15. The second-order valence-electron chi connectivity index (χ2n) is 2.34. The van der Waals surface area contributed by atoms with Gasteiger partial charge < -0.3 is 0 Å². The Kier molecular flexibility index (Phi) is 5.10. The van der Waals surface area contributed by atoms with Crippen LogP contribution in [-0.2, 0) is 0 Å². The molecule has 0 saturated heterocycles. The van der Waals surface area contributed by atoms with Gasteiger partial charge in [-0.1, -0.05) is 25.4 Å². The van der Waals surface area contributed by atoms with Gasteiger partial charge in [-0.2, -0.15) is 5.26 Å². The third kappa shape index (κ3) is 3.04. The molecule has 0 radical (unpaired) electrons. The van der Waals surface area contributed by atoms with E-state index in [2.05, 4.69) is 4.98 Å². The van der Waals surface area contributed by atoms with Crippen LogP contribution in [0, 0.1) is 25.2 Å². The molecule has 0 saturated carbocycles. The molecule has 3 heteroatoms. The molecule has 0 aliphatic rings. The molecule has 0 aliphatic heterocycles. The summed E-state index contributed by atoms with van der Waals surface area (Å²) in [7, 11) is 0. The highest BCUT2D eigenvalue weighted by atomic mass is 35.5. The van der Waals surface area contributed by atoms with E-state index in [-0.39, 0.29) is 0 Å². The summed E-state index contributed by atoms with van der Waals surface area (Å²) in [4.78, 5) is 3.99. The normalized spacial score (nSPS) is 8.31. The Hall–Kier alpha value is -1.07. The van der Waals surface area contributed by atoms with Gasteiger partial charge in [-0.05, 0) is 25.5 Å². The van der Waals surface area contributed by atoms with Crippen LogP contribution < -0.4 is 0 Å². The quantitative estimate of drug-likeness (QED) is 0.598. The lowest BCUT2D eigenvalue weighted by atomic mass is 10.2. The van der Waals surface area contributed by atoms with Crippen molar-refractivity contribution in [3.8, 4) is 6.07 Å². The smallest absolute Gasteiger partial charge is 0.132 e. The van der Waals surface area contributed by atoms with Crippen LogP contribution in [0.3, 0.4) is 0 Å². The first-order valence-corrected chi connectivity index (χ1v) is 4.57. The predicted molar refractivity (Wildman–Crippen MR) is 54.8 cm³/mol. The van der Waals surface area contributed by atoms with Crippen LogP contribution in [0.25, 0.3) is 0 Å². The van der Waals surface area contributed by atoms with Crippen LogP contribution in [0.5, 0.6) is 0 Å². The summed E-state index contributed by atoms with van der Waals surface area (Å²) in [6, 6.07) is 3.78. The summed E-state index contributed by atoms with van der Waals surface area (Å²) in [5, 5.41) is 9.07. The van der Waals surface area contributed by atoms with Crippen molar-refractivity contribution in [3.05, 3.63) is 28.0 Å². The van der Waals surface area contributed by atoms with E-state index in [0.717, 1.165) is 5.56 Å². The first-order valence-electron chi connectivity index (χ1n) is 4.19. The standard InChI is InChI=1S/C8H7ClN2.C2H6/c1-5-3-7(4-10)6(2)11-8(5)9;1-2/h3H,1-2H3;1-2H3. The summed E-state index contributed by atoms with van der Waals surface area (Å²) < 4.78 is 0. The summed E-state index contributed by atoms with van der Waals surface area (Å²) in [6.45, 7) is 7.60. The number of halogens is 1. The van der Waals surface area contributed by atoms with E-state index in [1.54, 1.807) is 13.0 Å². The van der Waals surface area contributed by atoms with E-state index in [1.807, 2.05) is 26.8 Å². The molecule has 13 heavy (non-hydrogen) atoms. The molecule has 2 nitrogen and oxygen atoms in total. The van der Waals surface area contributed by atoms with E-state index in [4.69, 9.17) is 16.9 Å². The molecule has 0 fully saturated rings. The van der Waals surface area contributed by atoms with Gasteiger partial charge in [-0.15, -0.1) is 0 Å². The highest BCUT2D eigenvalue weighted by molar-refractivity contribution is 6.30. The van der Waals surface area contributed by atoms with Gasteiger partial charge in [0.05, 0.1) is 11.3 Å². The zero-order chi connectivity index (χ0) is 10.4. The molecule has 0 aliphatic carbocycles. The third-order valence-corrected chi connectivity index (χ3v) is 1.84. The number of rotatable bonds is 0. The van der Waals surface area contributed by atoms with Crippen molar-refractivity contribution in [2.75, 3.05) is 0 Å². The van der Waals surface area contributed by atoms with Crippen LogP contribution in [0.2, 0.25) is 5.15 Å². The molecular formula is C10H13ClN2. The monoisotopic (exact) mass is 196 g/mol. The maximum absolute atomic E-state index is 8.60. The Balaban J connectivity index is 0.000000671. The van der Waals surface area contributed by atoms with Gasteiger partial charge in [0.2, 0.25) is 0 Å². The molecule has 0 unspecified atom stereocenters. The van der Waals surface area contributed by atoms with Crippen LogP contribution in [0.15, 0.2) is 6.07 Å². The van der Waals surface area contributed by atoms with Crippen molar-refractivity contribution in [1.29, 1.82) is 5.26 Å². The summed E-state index contributed by atoms with van der Waals surface area (Å²) >= 11 is 5.72. The molecule has 0 spiro atoms. The van der Waals surface area contributed by atoms with Crippen LogP contribution in [0.4, 0.5) is 0 Å². The number of nitrogens with zero attached hydrogens (tertiary/aromatic N) is 2. The van der Waals surface area contributed by atoms with Crippen molar-refractivity contribution < 1.29 is 0 Å². The Labute approximate surface area is 84.2 Å². The fourth-order valence-electron chi connectivity index (χ4n) is 0.789. The molecule has 1 heterocycles. The first kappa shape index (κ1) is 11.9. The number of aromatic nitrogens is 1. The van der Waals surface area contributed by atoms with E-state index in [9.17, 15) is 0 Å². The fraction of sp³-hybridized carbons (Fsp3) is 0.400. The summed E-state index contributed by atoms with van der Waals surface area (Å²) in [6.07, 6.45) is 0. The van der Waals surface area contributed by atoms with Gasteiger partial charge >= 0.3 is 0 Å². The molecule has 1 rings (SSSR count). The minimum absolute atomic E-state index is 0.474. The number of nitriles is 1. The predicted octanol–water partition coefficient (Wildman–Crippen LogP) is 3.25. The summed E-state index contributed by atoms with van der Waals surface area (Å²) in [5.74, 6) is 0. The highest BCUT2D eigenvalue weighted by Crippen LogP contribution is 2.15. The molecular weight excluding hydrogens is 184 g/mol. The van der Waals surface area contributed by atoms with Gasteiger partial charge in [-0.3, -0.25) is 0 Å². The second-order valence-corrected chi connectivity index (χ2v) is 2.70. The van der Waals surface area contributed by atoms with Crippen molar-refractivity contribution in [1.82, 2.24) is 4.98 Å². The van der Waals surface area contributed by atoms with Crippen LogP contribution in [0.1, 0.15) is 30.7 Å². The van der Waals surface area contributed by atoms with Crippen LogP contribution >= 0.6 is 11.6 Å². The van der Waals surface area contributed by atoms with Crippen molar-refractivity contribution in [2.24, 2.45) is 0 Å². The fourth-order valence-corrected chi connectivity index (χ4v) is 0.971. The van der Waals surface area contributed by atoms with Crippen molar-refractivity contribution in [2.45, 2.75) is 27.7 Å². The zero-order valence-electron chi connectivity index (χ0n) is 8.35. The van der Waals surface area contributed by atoms with Gasteiger partial charge in [0.25, 0.3) is 0 Å². The van der Waals surface area contributed by atoms with E-state index in [1.165, 1.54) is 0 Å². The number of hydrogen-bond acceptors (Lipinski definition) is 2. The molecule has 0 aromatic carbocycles. The minimum Gasteiger partial charge on any atom is -0.240 e. The minimum atomic E-state index is 0.474. The SMILES string of the molecule is CC.Cc1cc(C#N)c(C)nc1Cl. The third-order valence-electron chi connectivity index (χ3n) is 1.46. The Morgan fingerprint density at radius 1 is 1.38 bits per heavy atom. The zero-order valence-corrected chi connectivity index (χ0v) is 9.11. The van der Waals surface area contributed by atoms with Gasteiger partial charge in [0.1, 0.15) is 11.2 Å². The number of pyridine rings is 1. The molecule has 70 valence electrons.